The highest BCUT2D eigenvalue weighted by Crippen LogP contribution is 2.29. The van der Waals surface area contributed by atoms with Crippen LogP contribution in [0.1, 0.15) is 15.9 Å². The van der Waals surface area contributed by atoms with Crippen molar-refractivity contribution in [3.05, 3.63) is 90.0 Å². The van der Waals surface area contributed by atoms with Crippen LogP contribution in [0.4, 0.5) is 0 Å². The highest BCUT2D eigenvalue weighted by molar-refractivity contribution is 6.05. The molecular weight excluding hydrogens is 312 g/mol. The molecule has 0 N–H and O–H groups in total. The maximum Gasteiger partial charge on any atom is 0.129 e. The van der Waals surface area contributed by atoms with Crippen LogP contribution >= 0.6 is 0 Å². The van der Waals surface area contributed by atoms with Crippen molar-refractivity contribution >= 4 is 27.5 Å². The van der Waals surface area contributed by atoms with E-state index in [0.29, 0.717) is 17.7 Å². The molecular formula is C22H15O3-. The zero-order valence-electron chi connectivity index (χ0n) is 13.4. The molecule has 0 aliphatic heterocycles. The van der Waals surface area contributed by atoms with Crippen molar-refractivity contribution in [1.29, 1.82) is 0 Å². The number of carbonyl (C=O) groups excluding carboxylic acids is 1. The molecule has 0 atom stereocenters. The van der Waals surface area contributed by atoms with E-state index >= 15 is 0 Å². The van der Waals surface area contributed by atoms with Crippen LogP contribution in [-0.2, 0) is 6.61 Å². The summed E-state index contributed by atoms with van der Waals surface area (Å²) in [7, 11) is 0. The number of benzene rings is 4. The van der Waals surface area contributed by atoms with Crippen LogP contribution < -0.4 is 9.84 Å². The third-order valence-electron chi connectivity index (χ3n) is 4.36. The van der Waals surface area contributed by atoms with Crippen LogP contribution in [0, 0.1) is 0 Å². The molecule has 4 rings (SSSR count). The maximum atomic E-state index is 11.7. The summed E-state index contributed by atoms with van der Waals surface area (Å²) in [6, 6.07) is 24.9. The fourth-order valence-corrected chi connectivity index (χ4v) is 3.16. The van der Waals surface area contributed by atoms with Gasteiger partial charge in [0.25, 0.3) is 0 Å². The van der Waals surface area contributed by atoms with Crippen molar-refractivity contribution in [1.82, 2.24) is 0 Å². The van der Waals surface area contributed by atoms with Crippen molar-refractivity contribution in [3.8, 4) is 5.75 Å². The second kappa shape index (κ2) is 6.29. The first kappa shape index (κ1) is 15.2. The van der Waals surface area contributed by atoms with Crippen molar-refractivity contribution in [3.63, 3.8) is 0 Å². The van der Waals surface area contributed by atoms with Gasteiger partial charge in [-0.3, -0.25) is 0 Å². The molecule has 0 radical (unpaired) electrons. The molecule has 0 aliphatic carbocycles. The lowest BCUT2D eigenvalue weighted by Gasteiger charge is -2.15. The molecule has 0 spiro atoms. The molecule has 3 heteroatoms. The first-order chi connectivity index (χ1) is 12.2. The summed E-state index contributed by atoms with van der Waals surface area (Å²) in [6.45, 7) is 0.292. The van der Waals surface area contributed by atoms with Crippen LogP contribution in [0.25, 0.3) is 21.5 Å². The number of ether oxygens (including phenoxy) is 1. The smallest absolute Gasteiger partial charge is 0.129 e. The highest BCUT2D eigenvalue weighted by Gasteiger charge is 2.11. The third kappa shape index (κ3) is 2.81. The largest absolute Gasteiger partial charge is 0.545 e. The van der Waals surface area contributed by atoms with Gasteiger partial charge in [0.15, 0.2) is 0 Å². The van der Waals surface area contributed by atoms with Gasteiger partial charge in [0, 0.05) is 5.56 Å². The van der Waals surface area contributed by atoms with Crippen LogP contribution in [0.2, 0.25) is 0 Å². The van der Waals surface area contributed by atoms with Crippen molar-refractivity contribution in [2.45, 2.75) is 6.61 Å². The number of hydrogen-bond donors (Lipinski definition) is 0. The summed E-state index contributed by atoms with van der Waals surface area (Å²) >= 11 is 0. The van der Waals surface area contributed by atoms with Gasteiger partial charge >= 0.3 is 0 Å². The predicted molar refractivity (Wildman–Crippen MR) is 96.6 cm³/mol. The Morgan fingerprint density at radius 3 is 2.16 bits per heavy atom. The van der Waals surface area contributed by atoms with E-state index in [0.717, 1.165) is 21.7 Å². The molecule has 0 heterocycles. The Labute approximate surface area is 145 Å². The first-order valence-electron chi connectivity index (χ1n) is 8.06. The van der Waals surface area contributed by atoms with Crippen molar-refractivity contribution < 1.29 is 14.6 Å². The van der Waals surface area contributed by atoms with E-state index in [1.807, 2.05) is 66.7 Å². The summed E-state index contributed by atoms with van der Waals surface area (Å²) in [5.41, 5.74) is 1.11. The fourth-order valence-electron chi connectivity index (χ4n) is 3.16. The van der Waals surface area contributed by atoms with Crippen LogP contribution in [0.3, 0.4) is 0 Å². The highest BCUT2D eigenvalue weighted by atomic mass is 16.5. The maximum absolute atomic E-state index is 11.7. The van der Waals surface area contributed by atoms with Gasteiger partial charge in [0.2, 0.25) is 0 Å². The second-order valence-corrected chi connectivity index (χ2v) is 5.87. The number of rotatable bonds is 4. The molecule has 0 unspecified atom stereocenters. The lowest BCUT2D eigenvalue weighted by atomic mass is 10.0. The molecule has 0 bridgehead atoms. The predicted octanol–water partition coefficient (Wildman–Crippen LogP) is 3.94. The minimum absolute atomic E-state index is 0.0957. The number of carboxylic acid groups (broad SMARTS) is 1. The number of aromatic carboxylic acids is 1. The quantitative estimate of drug-likeness (QED) is 0.570. The molecule has 0 aliphatic rings. The third-order valence-corrected chi connectivity index (χ3v) is 4.36. The van der Waals surface area contributed by atoms with E-state index < -0.39 is 5.97 Å². The topological polar surface area (TPSA) is 49.4 Å². The van der Waals surface area contributed by atoms with Gasteiger partial charge in [-0.25, -0.2) is 0 Å². The molecule has 0 saturated carbocycles. The van der Waals surface area contributed by atoms with Crippen molar-refractivity contribution in [2.24, 2.45) is 0 Å². The van der Waals surface area contributed by atoms with Crippen molar-refractivity contribution in [2.75, 3.05) is 0 Å². The van der Waals surface area contributed by atoms with Crippen LogP contribution in [-0.4, -0.2) is 5.97 Å². The van der Waals surface area contributed by atoms with Crippen LogP contribution in [0.5, 0.6) is 5.75 Å². The normalized spacial score (nSPS) is 10.9. The Kier molecular flexibility index (Phi) is 3.82. The summed E-state index contributed by atoms with van der Waals surface area (Å²) < 4.78 is 5.88. The van der Waals surface area contributed by atoms with Gasteiger partial charge in [-0.1, -0.05) is 72.8 Å². The fraction of sp³-hybridized carbons (Fsp3) is 0.0455. The summed E-state index contributed by atoms with van der Waals surface area (Å²) in [4.78, 5) is 11.7. The molecule has 0 aromatic heterocycles. The van der Waals surface area contributed by atoms with Gasteiger partial charge in [-0.15, -0.1) is 0 Å². The van der Waals surface area contributed by atoms with Gasteiger partial charge in [0.05, 0.1) is 5.97 Å². The monoisotopic (exact) mass is 327 g/mol. The van der Waals surface area contributed by atoms with Crippen LogP contribution in [0.15, 0.2) is 78.9 Å². The lowest BCUT2D eigenvalue weighted by Crippen LogP contribution is -2.23. The minimum Gasteiger partial charge on any atom is -0.545 e. The summed E-state index contributed by atoms with van der Waals surface area (Å²) in [5, 5.41) is 15.4. The Balaban J connectivity index is 1.73. The number of carboxylic acids is 1. The van der Waals surface area contributed by atoms with E-state index in [9.17, 15) is 9.90 Å². The van der Waals surface area contributed by atoms with Gasteiger partial charge in [-0.05, 0) is 33.2 Å². The molecule has 0 fully saturated rings. The Morgan fingerprint density at radius 2 is 1.40 bits per heavy atom. The van der Waals surface area contributed by atoms with E-state index in [1.165, 1.54) is 0 Å². The Morgan fingerprint density at radius 1 is 0.760 bits per heavy atom. The van der Waals surface area contributed by atoms with Gasteiger partial charge in [0.1, 0.15) is 12.4 Å². The molecule has 4 aromatic rings. The Bertz CT molecular complexity index is 1080. The zero-order valence-corrected chi connectivity index (χ0v) is 13.4. The zero-order chi connectivity index (χ0) is 17.2. The first-order valence-corrected chi connectivity index (χ1v) is 8.06. The second-order valence-electron chi connectivity index (χ2n) is 5.87. The SMILES string of the molecule is O=C([O-])c1c(OCc2cccc3ccccc23)ccc2ccccc12. The number of carbonyl (C=O) groups is 1. The molecule has 4 aromatic carbocycles. The lowest BCUT2D eigenvalue weighted by molar-refractivity contribution is -0.254. The van der Waals surface area contributed by atoms with E-state index in [4.69, 9.17) is 4.74 Å². The van der Waals surface area contributed by atoms with E-state index in [-0.39, 0.29) is 5.56 Å². The summed E-state index contributed by atoms with van der Waals surface area (Å²) in [5.74, 6) is -0.906. The molecule has 0 amide bonds. The standard InChI is InChI=1S/C22H16O3/c23-22(24)21-19-11-4-2-7-16(19)12-13-20(21)25-14-17-9-5-8-15-6-1-3-10-18(15)17/h1-13H,14H2,(H,23,24)/p-1. The Hall–Kier alpha value is -3.33. The molecule has 25 heavy (non-hydrogen) atoms. The van der Waals surface area contributed by atoms with Gasteiger partial charge < -0.3 is 14.6 Å². The minimum atomic E-state index is -1.23. The molecule has 122 valence electrons. The average molecular weight is 327 g/mol. The molecule has 3 nitrogen and oxygen atoms in total. The number of hydrogen-bond acceptors (Lipinski definition) is 3. The van der Waals surface area contributed by atoms with E-state index in [2.05, 4.69) is 0 Å². The average Bonchev–Trinajstić information content (AvgIpc) is 2.65. The summed E-state index contributed by atoms with van der Waals surface area (Å²) in [6.07, 6.45) is 0. The van der Waals surface area contributed by atoms with Gasteiger partial charge in [-0.2, -0.15) is 0 Å². The van der Waals surface area contributed by atoms with E-state index in [1.54, 1.807) is 12.1 Å². The molecule has 0 saturated heterocycles. The number of fused-ring (bicyclic) bond motifs is 2.